The molecule has 2 heterocycles. The van der Waals surface area contributed by atoms with Gasteiger partial charge in [-0.3, -0.25) is 9.59 Å². The highest BCUT2D eigenvalue weighted by atomic mass is 32.1. The number of hydrogen-bond acceptors (Lipinski definition) is 4. The summed E-state index contributed by atoms with van der Waals surface area (Å²) in [7, 11) is 0. The van der Waals surface area contributed by atoms with Crippen molar-refractivity contribution in [1.29, 1.82) is 0 Å². The van der Waals surface area contributed by atoms with Gasteiger partial charge >= 0.3 is 0 Å². The van der Waals surface area contributed by atoms with E-state index in [1.54, 1.807) is 24.9 Å². The molecule has 1 aliphatic rings. The van der Waals surface area contributed by atoms with Crippen LogP contribution in [-0.4, -0.2) is 33.3 Å². The first-order valence-corrected chi connectivity index (χ1v) is 7.53. The lowest BCUT2D eigenvalue weighted by molar-refractivity contribution is -0.159. The van der Waals surface area contributed by atoms with Gasteiger partial charge in [-0.25, -0.2) is 4.98 Å². The van der Waals surface area contributed by atoms with Crippen molar-refractivity contribution < 1.29 is 9.59 Å². The van der Waals surface area contributed by atoms with Crippen molar-refractivity contribution in [2.75, 3.05) is 0 Å². The Morgan fingerprint density at radius 2 is 2.05 bits per heavy atom. The molecule has 1 unspecified atom stereocenters. The summed E-state index contributed by atoms with van der Waals surface area (Å²) in [6.07, 6.45) is 1.71. The van der Waals surface area contributed by atoms with Gasteiger partial charge in [-0.2, -0.15) is 0 Å². The number of rotatable bonds is 2. The fraction of sp³-hybridized carbons (Fsp3) is 0.643. The number of aromatic nitrogens is 1. The third-order valence-electron chi connectivity index (χ3n) is 3.66. The van der Waals surface area contributed by atoms with Gasteiger partial charge in [0.05, 0.1) is 6.54 Å². The maximum atomic E-state index is 12.7. The molecular formula is C14H21N3O2S. The molecule has 0 saturated carbocycles. The van der Waals surface area contributed by atoms with Crippen LogP contribution in [0, 0.1) is 5.41 Å². The normalized spacial score (nSPS) is 22.9. The molecule has 0 radical (unpaired) electrons. The van der Waals surface area contributed by atoms with Gasteiger partial charge in [-0.05, 0) is 19.3 Å². The average Bonchev–Trinajstić information content (AvgIpc) is 2.81. The zero-order valence-electron chi connectivity index (χ0n) is 12.6. The minimum atomic E-state index is -0.857. The first-order valence-electron chi connectivity index (χ1n) is 6.65. The number of hydrogen-bond donors (Lipinski definition) is 1. The Balaban J connectivity index is 2.33. The second-order valence-corrected chi connectivity index (χ2v) is 7.66. The fourth-order valence-corrected chi connectivity index (χ4v) is 2.86. The number of nitrogens with zero attached hydrogens (tertiary/aromatic N) is 2. The van der Waals surface area contributed by atoms with E-state index in [1.807, 2.05) is 26.2 Å². The summed E-state index contributed by atoms with van der Waals surface area (Å²) in [6, 6.07) is -0.497. The van der Waals surface area contributed by atoms with Gasteiger partial charge in [-0.15, -0.1) is 11.3 Å². The van der Waals surface area contributed by atoms with Gasteiger partial charge in [0.15, 0.2) is 0 Å². The molecule has 1 N–H and O–H groups in total. The van der Waals surface area contributed by atoms with Crippen LogP contribution in [0.5, 0.6) is 0 Å². The van der Waals surface area contributed by atoms with E-state index in [2.05, 4.69) is 10.3 Å². The van der Waals surface area contributed by atoms with Gasteiger partial charge in [0.1, 0.15) is 16.6 Å². The van der Waals surface area contributed by atoms with Crippen LogP contribution in [0.25, 0.3) is 0 Å². The largest absolute Gasteiger partial charge is 0.342 e. The van der Waals surface area contributed by atoms with E-state index in [-0.39, 0.29) is 17.2 Å². The molecule has 1 aromatic rings. The quantitative estimate of drug-likeness (QED) is 0.905. The molecule has 1 fully saturated rings. The Bertz CT molecular complexity index is 517. The van der Waals surface area contributed by atoms with Crippen molar-refractivity contribution in [1.82, 2.24) is 15.2 Å². The summed E-state index contributed by atoms with van der Waals surface area (Å²) in [5.74, 6) is -0.161. The summed E-state index contributed by atoms with van der Waals surface area (Å²) in [4.78, 5) is 30.9. The molecule has 0 bridgehead atoms. The van der Waals surface area contributed by atoms with Crippen LogP contribution in [0.1, 0.15) is 39.6 Å². The predicted molar refractivity (Wildman–Crippen MR) is 78.1 cm³/mol. The van der Waals surface area contributed by atoms with E-state index in [9.17, 15) is 9.59 Å². The van der Waals surface area contributed by atoms with Gasteiger partial charge in [0, 0.05) is 11.6 Å². The van der Waals surface area contributed by atoms with Crippen LogP contribution in [0.15, 0.2) is 11.6 Å². The lowest BCUT2D eigenvalue weighted by Gasteiger charge is -2.47. The maximum Gasteiger partial charge on any atom is 0.246 e. The first kappa shape index (κ1) is 15.0. The fourth-order valence-electron chi connectivity index (χ4n) is 2.25. The summed E-state index contributed by atoms with van der Waals surface area (Å²) >= 11 is 1.49. The van der Waals surface area contributed by atoms with Crippen molar-refractivity contribution in [2.45, 2.75) is 52.7 Å². The molecule has 0 spiro atoms. The molecule has 0 aromatic carbocycles. The minimum absolute atomic E-state index is 0.0442. The maximum absolute atomic E-state index is 12.7. The Hall–Kier alpha value is -1.43. The molecule has 2 amide bonds. The molecule has 1 atom stereocenters. The van der Waals surface area contributed by atoms with Crippen LogP contribution in [0.2, 0.25) is 0 Å². The number of nitrogens with one attached hydrogen (secondary N) is 1. The molecule has 2 rings (SSSR count). The standard InChI is InChI=1S/C14H21N3O2S/c1-13(2,3)10-11(18)17(8-9-15-6-7-20-9)14(4,5)12(19)16-10/h6-7,10H,8H2,1-5H3,(H,16,19). The van der Waals surface area contributed by atoms with Crippen LogP contribution in [0.3, 0.4) is 0 Å². The van der Waals surface area contributed by atoms with Gasteiger partial charge in [0.2, 0.25) is 11.8 Å². The van der Waals surface area contributed by atoms with Crippen LogP contribution in [-0.2, 0) is 16.1 Å². The van der Waals surface area contributed by atoms with Crippen molar-refractivity contribution in [3.63, 3.8) is 0 Å². The van der Waals surface area contributed by atoms with Crippen molar-refractivity contribution in [3.8, 4) is 0 Å². The highest BCUT2D eigenvalue weighted by molar-refractivity contribution is 7.09. The van der Waals surface area contributed by atoms with E-state index in [4.69, 9.17) is 0 Å². The first-order chi connectivity index (χ1) is 9.14. The Kier molecular flexibility index (Phi) is 3.62. The van der Waals surface area contributed by atoms with E-state index >= 15 is 0 Å². The topological polar surface area (TPSA) is 62.3 Å². The van der Waals surface area contributed by atoms with Crippen LogP contribution < -0.4 is 5.32 Å². The Morgan fingerprint density at radius 3 is 2.55 bits per heavy atom. The van der Waals surface area contributed by atoms with Crippen molar-refractivity contribution >= 4 is 23.2 Å². The van der Waals surface area contributed by atoms with Crippen molar-refractivity contribution in [3.05, 3.63) is 16.6 Å². The number of thiazole rings is 1. The zero-order valence-corrected chi connectivity index (χ0v) is 13.4. The summed E-state index contributed by atoms with van der Waals surface area (Å²) < 4.78 is 0. The van der Waals surface area contributed by atoms with E-state index in [0.29, 0.717) is 6.54 Å². The summed E-state index contributed by atoms with van der Waals surface area (Å²) in [6.45, 7) is 9.78. The zero-order chi connectivity index (χ0) is 15.1. The smallest absolute Gasteiger partial charge is 0.246 e. The third-order valence-corrected chi connectivity index (χ3v) is 4.43. The number of carbonyl (C=O) groups excluding carboxylic acids is 2. The molecule has 0 aliphatic carbocycles. The highest BCUT2D eigenvalue weighted by Crippen LogP contribution is 2.30. The predicted octanol–water partition coefficient (Wildman–Crippen LogP) is 1.79. The molecule has 5 nitrogen and oxygen atoms in total. The Labute approximate surface area is 123 Å². The van der Waals surface area contributed by atoms with E-state index < -0.39 is 11.6 Å². The van der Waals surface area contributed by atoms with Crippen LogP contribution >= 0.6 is 11.3 Å². The molecule has 6 heteroatoms. The second-order valence-electron chi connectivity index (χ2n) is 6.68. The summed E-state index contributed by atoms with van der Waals surface area (Å²) in [5.41, 5.74) is -1.17. The highest BCUT2D eigenvalue weighted by Gasteiger charge is 2.49. The van der Waals surface area contributed by atoms with E-state index in [1.165, 1.54) is 11.3 Å². The lowest BCUT2D eigenvalue weighted by Crippen LogP contribution is -2.70. The number of amides is 2. The molecule has 110 valence electrons. The number of piperazine rings is 1. The number of carbonyl (C=O) groups is 2. The minimum Gasteiger partial charge on any atom is -0.342 e. The van der Waals surface area contributed by atoms with Gasteiger partial charge in [-0.1, -0.05) is 20.8 Å². The SMILES string of the molecule is CC(C)(C)C1NC(=O)C(C)(C)N(Cc2nccs2)C1=O. The lowest BCUT2D eigenvalue weighted by atomic mass is 9.82. The molecule has 20 heavy (non-hydrogen) atoms. The van der Waals surface area contributed by atoms with Crippen molar-refractivity contribution in [2.24, 2.45) is 5.41 Å². The monoisotopic (exact) mass is 295 g/mol. The third kappa shape index (κ3) is 2.57. The molecule has 1 saturated heterocycles. The van der Waals surface area contributed by atoms with Gasteiger partial charge < -0.3 is 10.2 Å². The second kappa shape index (κ2) is 4.84. The molecule has 1 aromatic heterocycles. The average molecular weight is 295 g/mol. The van der Waals surface area contributed by atoms with Gasteiger partial charge in [0.25, 0.3) is 0 Å². The summed E-state index contributed by atoms with van der Waals surface area (Å²) in [5, 5.41) is 5.57. The molecular weight excluding hydrogens is 274 g/mol. The van der Waals surface area contributed by atoms with Crippen LogP contribution in [0.4, 0.5) is 0 Å². The Morgan fingerprint density at radius 1 is 1.40 bits per heavy atom. The van der Waals surface area contributed by atoms with E-state index in [0.717, 1.165) is 5.01 Å². The molecule has 1 aliphatic heterocycles.